The van der Waals surface area contributed by atoms with Crippen LogP contribution < -0.4 is 14.8 Å². The molecule has 3 rings (SSSR count). The van der Waals surface area contributed by atoms with Gasteiger partial charge in [-0.3, -0.25) is 0 Å². The van der Waals surface area contributed by atoms with Gasteiger partial charge in [-0.05, 0) is 43.4 Å². The number of fused-ring (bicyclic) bond motifs is 1. The summed E-state index contributed by atoms with van der Waals surface area (Å²) in [6.45, 7) is 3.33. The first-order chi connectivity index (χ1) is 9.74. The van der Waals surface area contributed by atoms with E-state index in [2.05, 4.69) is 18.3 Å². The molecule has 0 saturated heterocycles. The smallest absolute Gasteiger partial charge is 0.231 e. The summed E-state index contributed by atoms with van der Waals surface area (Å²) in [5, 5.41) is 13.5. The minimum absolute atomic E-state index is 0.139. The van der Waals surface area contributed by atoms with Crippen LogP contribution >= 0.6 is 0 Å². The van der Waals surface area contributed by atoms with Crippen LogP contribution in [0.2, 0.25) is 0 Å². The van der Waals surface area contributed by atoms with Crippen molar-refractivity contribution in [1.82, 2.24) is 5.32 Å². The predicted octanol–water partition coefficient (Wildman–Crippen LogP) is 2.62. The number of hydrogen-bond acceptors (Lipinski definition) is 4. The van der Waals surface area contributed by atoms with Crippen LogP contribution in [0, 0.1) is 5.92 Å². The summed E-state index contributed by atoms with van der Waals surface area (Å²) >= 11 is 0. The van der Waals surface area contributed by atoms with Gasteiger partial charge in [-0.1, -0.05) is 18.9 Å². The number of hydrogen-bond donors (Lipinski definition) is 2. The quantitative estimate of drug-likeness (QED) is 0.888. The van der Waals surface area contributed by atoms with Crippen molar-refractivity contribution in [2.24, 2.45) is 5.92 Å². The molecule has 1 saturated carbocycles. The Labute approximate surface area is 120 Å². The zero-order valence-corrected chi connectivity index (χ0v) is 12.0. The number of aliphatic hydroxyl groups is 1. The Bertz CT molecular complexity index is 463. The van der Waals surface area contributed by atoms with Gasteiger partial charge in [0, 0.05) is 12.6 Å². The summed E-state index contributed by atoms with van der Waals surface area (Å²) in [6, 6.07) is 6.32. The molecular weight excluding hydrogens is 254 g/mol. The highest BCUT2D eigenvalue weighted by Gasteiger charge is 2.23. The van der Waals surface area contributed by atoms with Crippen molar-refractivity contribution in [3.05, 3.63) is 23.8 Å². The molecule has 1 fully saturated rings. The van der Waals surface area contributed by atoms with E-state index in [1.807, 2.05) is 12.1 Å². The monoisotopic (exact) mass is 277 g/mol. The summed E-state index contributed by atoms with van der Waals surface area (Å²) in [4.78, 5) is 0. The maximum Gasteiger partial charge on any atom is 0.231 e. The van der Waals surface area contributed by atoms with E-state index in [0.717, 1.165) is 37.3 Å². The van der Waals surface area contributed by atoms with Crippen LogP contribution in [0.1, 0.15) is 44.2 Å². The molecule has 0 radical (unpaired) electrons. The first-order valence-electron chi connectivity index (χ1n) is 7.55. The van der Waals surface area contributed by atoms with Crippen molar-refractivity contribution in [3.8, 4) is 11.5 Å². The van der Waals surface area contributed by atoms with Crippen molar-refractivity contribution in [3.63, 3.8) is 0 Å². The Morgan fingerprint density at radius 2 is 2.05 bits per heavy atom. The highest BCUT2D eigenvalue weighted by molar-refractivity contribution is 5.45. The van der Waals surface area contributed by atoms with Crippen molar-refractivity contribution in [1.29, 1.82) is 0 Å². The third kappa shape index (κ3) is 2.91. The molecular formula is C16H23NO3. The highest BCUT2D eigenvalue weighted by atomic mass is 16.7. The summed E-state index contributed by atoms with van der Waals surface area (Å²) in [5.41, 5.74) is 1.19. The van der Waals surface area contributed by atoms with Crippen LogP contribution in [0.15, 0.2) is 18.2 Å². The Hall–Kier alpha value is -1.26. The number of benzene rings is 1. The standard InChI is InChI=1S/C16H23NO3/c1-11(17-9-13-4-2-3-5-14(13)18)12-6-7-15-16(8-12)20-10-19-15/h6-8,11,13-14,17-18H,2-5,9-10H2,1H3. The van der Waals surface area contributed by atoms with E-state index in [9.17, 15) is 5.11 Å². The average molecular weight is 277 g/mol. The van der Waals surface area contributed by atoms with Gasteiger partial charge in [-0.15, -0.1) is 0 Å². The lowest BCUT2D eigenvalue weighted by Crippen LogP contribution is -2.34. The number of rotatable bonds is 4. The molecule has 3 atom stereocenters. The molecule has 1 heterocycles. The van der Waals surface area contributed by atoms with Crippen LogP contribution in [0.4, 0.5) is 0 Å². The molecule has 0 amide bonds. The highest BCUT2D eigenvalue weighted by Crippen LogP contribution is 2.34. The maximum absolute atomic E-state index is 10.0. The van der Waals surface area contributed by atoms with Gasteiger partial charge in [0.2, 0.25) is 6.79 Å². The van der Waals surface area contributed by atoms with Gasteiger partial charge in [0.1, 0.15) is 0 Å². The van der Waals surface area contributed by atoms with Gasteiger partial charge < -0.3 is 19.9 Å². The summed E-state index contributed by atoms with van der Waals surface area (Å²) < 4.78 is 10.7. The zero-order chi connectivity index (χ0) is 13.9. The van der Waals surface area contributed by atoms with E-state index >= 15 is 0 Å². The fraction of sp³-hybridized carbons (Fsp3) is 0.625. The molecule has 3 unspecified atom stereocenters. The van der Waals surface area contributed by atoms with E-state index in [4.69, 9.17) is 9.47 Å². The molecule has 2 N–H and O–H groups in total. The third-order valence-electron chi connectivity index (χ3n) is 4.45. The summed E-state index contributed by atoms with van der Waals surface area (Å²) in [6.07, 6.45) is 4.34. The second-order valence-electron chi connectivity index (χ2n) is 5.85. The lowest BCUT2D eigenvalue weighted by Gasteiger charge is -2.29. The molecule has 20 heavy (non-hydrogen) atoms. The van der Waals surface area contributed by atoms with E-state index in [1.165, 1.54) is 12.0 Å². The van der Waals surface area contributed by atoms with Gasteiger partial charge in [0.05, 0.1) is 6.10 Å². The Balaban J connectivity index is 1.57. The molecule has 4 heteroatoms. The number of nitrogens with one attached hydrogen (secondary N) is 1. The van der Waals surface area contributed by atoms with Gasteiger partial charge in [0.15, 0.2) is 11.5 Å². The van der Waals surface area contributed by atoms with Crippen LogP contribution in [-0.4, -0.2) is 24.5 Å². The van der Waals surface area contributed by atoms with Crippen molar-refractivity contribution >= 4 is 0 Å². The second kappa shape index (κ2) is 6.02. The zero-order valence-electron chi connectivity index (χ0n) is 12.0. The van der Waals surface area contributed by atoms with Crippen molar-refractivity contribution in [2.75, 3.05) is 13.3 Å². The minimum atomic E-state index is -0.139. The molecule has 1 aliphatic carbocycles. The van der Waals surface area contributed by atoms with Crippen LogP contribution in [-0.2, 0) is 0 Å². The maximum atomic E-state index is 10.0. The topological polar surface area (TPSA) is 50.7 Å². The third-order valence-corrected chi connectivity index (χ3v) is 4.45. The van der Waals surface area contributed by atoms with Crippen LogP contribution in [0.3, 0.4) is 0 Å². The van der Waals surface area contributed by atoms with Gasteiger partial charge in [-0.2, -0.15) is 0 Å². The van der Waals surface area contributed by atoms with Gasteiger partial charge in [0.25, 0.3) is 0 Å². The van der Waals surface area contributed by atoms with E-state index < -0.39 is 0 Å². The summed E-state index contributed by atoms with van der Waals surface area (Å²) in [5.74, 6) is 2.04. The first-order valence-corrected chi connectivity index (χ1v) is 7.55. The molecule has 1 aromatic rings. The molecule has 0 bridgehead atoms. The van der Waals surface area contributed by atoms with Crippen LogP contribution in [0.25, 0.3) is 0 Å². The minimum Gasteiger partial charge on any atom is -0.454 e. The fourth-order valence-corrected chi connectivity index (χ4v) is 3.05. The molecule has 2 aliphatic rings. The fourth-order valence-electron chi connectivity index (χ4n) is 3.05. The number of ether oxygens (including phenoxy) is 2. The van der Waals surface area contributed by atoms with E-state index in [-0.39, 0.29) is 12.1 Å². The van der Waals surface area contributed by atoms with Gasteiger partial charge >= 0.3 is 0 Å². The van der Waals surface area contributed by atoms with E-state index in [1.54, 1.807) is 0 Å². The normalized spacial score (nSPS) is 26.5. The lowest BCUT2D eigenvalue weighted by atomic mass is 9.86. The van der Waals surface area contributed by atoms with Crippen molar-refractivity contribution in [2.45, 2.75) is 44.8 Å². The average Bonchev–Trinajstić information content (AvgIpc) is 2.93. The first kappa shape index (κ1) is 13.7. The molecule has 110 valence electrons. The predicted molar refractivity (Wildman–Crippen MR) is 76.9 cm³/mol. The largest absolute Gasteiger partial charge is 0.454 e. The second-order valence-corrected chi connectivity index (χ2v) is 5.85. The SMILES string of the molecule is CC(NCC1CCCCC1O)c1ccc2c(c1)OCO2. The Kier molecular flexibility index (Phi) is 4.13. The molecule has 1 aliphatic heterocycles. The summed E-state index contributed by atoms with van der Waals surface area (Å²) in [7, 11) is 0. The Morgan fingerprint density at radius 1 is 1.25 bits per heavy atom. The van der Waals surface area contributed by atoms with Crippen molar-refractivity contribution < 1.29 is 14.6 Å². The molecule has 4 nitrogen and oxygen atoms in total. The van der Waals surface area contributed by atoms with Gasteiger partial charge in [-0.25, -0.2) is 0 Å². The molecule has 0 aromatic heterocycles. The number of aliphatic hydroxyl groups excluding tert-OH is 1. The lowest BCUT2D eigenvalue weighted by molar-refractivity contribution is 0.0684. The molecule has 0 spiro atoms. The molecule has 1 aromatic carbocycles. The van der Waals surface area contributed by atoms with Crippen LogP contribution in [0.5, 0.6) is 11.5 Å². The van der Waals surface area contributed by atoms with E-state index in [0.29, 0.717) is 12.7 Å². The Morgan fingerprint density at radius 3 is 2.90 bits per heavy atom.